The number of hydrogen-bond acceptors (Lipinski definition) is 3. The first-order valence-electron chi connectivity index (χ1n) is 8.41. The molecule has 128 valence electrons. The zero-order chi connectivity index (χ0) is 15.5. The molecule has 3 N–H and O–H groups in total. The van der Waals surface area contributed by atoms with Crippen molar-refractivity contribution in [2.75, 3.05) is 13.1 Å². The Kier molecular flexibility index (Phi) is 6.45. The maximum atomic E-state index is 12.4. The van der Waals surface area contributed by atoms with Crippen LogP contribution in [0.1, 0.15) is 43.4 Å². The van der Waals surface area contributed by atoms with E-state index in [0.29, 0.717) is 24.7 Å². The largest absolute Gasteiger partial charge is 0.390 e. The van der Waals surface area contributed by atoms with Crippen molar-refractivity contribution in [3.05, 3.63) is 35.4 Å². The van der Waals surface area contributed by atoms with Gasteiger partial charge in [0.25, 0.3) is 0 Å². The highest BCUT2D eigenvalue weighted by molar-refractivity contribution is 5.85. The molecule has 1 aromatic rings. The first-order valence-corrected chi connectivity index (χ1v) is 8.41. The smallest absolute Gasteiger partial charge is 0.220 e. The molecule has 1 amide bonds. The van der Waals surface area contributed by atoms with E-state index in [-0.39, 0.29) is 24.4 Å². The normalized spacial score (nSPS) is 27.7. The van der Waals surface area contributed by atoms with Gasteiger partial charge in [-0.25, -0.2) is 0 Å². The van der Waals surface area contributed by atoms with Gasteiger partial charge >= 0.3 is 0 Å². The molecule has 5 heteroatoms. The molecule has 0 radical (unpaired) electrons. The van der Waals surface area contributed by atoms with Gasteiger partial charge in [0.1, 0.15) is 0 Å². The molecule has 1 aromatic carbocycles. The van der Waals surface area contributed by atoms with Crippen molar-refractivity contribution in [1.29, 1.82) is 0 Å². The average molecular weight is 339 g/mol. The summed E-state index contributed by atoms with van der Waals surface area (Å²) < 4.78 is 0. The van der Waals surface area contributed by atoms with Crippen LogP contribution in [0.2, 0.25) is 0 Å². The van der Waals surface area contributed by atoms with Gasteiger partial charge in [-0.3, -0.25) is 4.79 Å². The summed E-state index contributed by atoms with van der Waals surface area (Å²) in [5.74, 6) is 1.01. The van der Waals surface area contributed by atoms with Crippen molar-refractivity contribution in [2.24, 2.45) is 11.8 Å². The zero-order valence-corrected chi connectivity index (χ0v) is 14.4. The number of aliphatic hydroxyl groups excluding tert-OH is 1. The second kappa shape index (κ2) is 8.13. The van der Waals surface area contributed by atoms with Crippen molar-refractivity contribution in [2.45, 2.75) is 44.8 Å². The Balaban J connectivity index is 0.00000192. The minimum atomic E-state index is -0.506. The third-order valence-corrected chi connectivity index (χ3v) is 5.17. The van der Waals surface area contributed by atoms with Gasteiger partial charge in [-0.1, -0.05) is 31.2 Å². The molecule has 4 atom stereocenters. The standard InChI is InChI=1S/C18H26N2O2.ClH/c1-12(14-6-4-8-19-11-14)9-17(22)20-18-15-7-3-2-5-13(15)10-16(18)21;/h2-3,5,7,12,14,16,18-19,21H,4,6,8-11H2,1H3,(H,20,22);1H/t12?,14?,16-,18+;/m1./s1. The van der Waals surface area contributed by atoms with E-state index in [1.54, 1.807) is 0 Å². The molecule has 23 heavy (non-hydrogen) atoms. The number of aliphatic hydroxyl groups is 1. The number of piperidine rings is 1. The number of carbonyl (C=O) groups excluding carboxylic acids is 1. The number of hydrogen-bond donors (Lipinski definition) is 3. The van der Waals surface area contributed by atoms with Crippen LogP contribution >= 0.6 is 12.4 Å². The summed E-state index contributed by atoms with van der Waals surface area (Å²) in [7, 11) is 0. The van der Waals surface area contributed by atoms with Crippen LogP contribution in [0, 0.1) is 11.8 Å². The molecule has 4 nitrogen and oxygen atoms in total. The molecule has 2 unspecified atom stereocenters. The molecule has 1 aliphatic heterocycles. The topological polar surface area (TPSA) is 61.4 Å². The van der Waals surface area contributed by atoms with Crippen molar-refractivity contribution >= 4 is 18.3 Å². The zero-order valence-electron chi connectivity index (χ0n) is 13.6. The maximum absolute atomic E-state index is 12.4. The van der Waals surface area contributed by atoms with Crippen molar-refractivity contribution in [3.63, 3.8) is 0 Å². The predicted molar refractivity (Wildman–Crippen MR) is 93.7 cm³/mol. The Labute approximate surface area is 144 Å². The Hall–Kier alpha value is -1.10. The molecule has 3 rings (SSSR count). The second-order valence-electron chi connectivity index (χ2n) is 6.80. The van der Waals surface area contributed by atoms with Gasteiger partial charge in [-0.15, -0.1) is 12.4 Å². The molecule has 1 saturated heterocycles. The predicted octanol–water partition coefficient (Wildman–Crippen LogP) is 2.21. The summed E-state index contributed by atoms with van der Waals surface area (Å²) in [6, 6.07) is 7.73. The molecule has 0 bridgehead atoms. The quantitative estimate of drug-likeness (QED) is 0.788. The fourth-order valence-electron chi connectivity index (χ4n) is 3.80. The maximum Gasteiger partial charge on any atom is 0.220 e. The van der Waals surface area contributed by atoms with E-state index in [9.17, 15) is 9.90 Å². The Morgan fingerprint density at radius 2 is 2.22 bits per heavy atom. The van der Waals surface area contributed by atoms with E-state index in [1.807, 2.05) is 24.3 Å². The van der Waals surface area contributed by atoms with Crippen LogP contribution in [0.15, 0.2) is 24.3 Å². The van der Waals surface area contributed by atoms with E-state index < -0.39 is 6.10 Å². The lowest BCUT2D eigenvalue weighted by Crippen LogP contribution is -2.38. The third-order valence-electron chi connectivity index (χ3n) is 5.17. The Morgan fingerprint density at radius 1 is 1.43 bits per heavy atom. The number of carbonyl (C=O) groups is 1. The summed E-state index contributed by atoms with van der Waals surface area (Å²) in [5, 5.41) is 16.7. The van der Waals surface area contributed by atoms with E-state index in [2.05, 4.69) is 17.6 Å². The van der Waals surface area contributed by atoms with Crippen LogP contribution < -0.4 is 10.6 Å². The molecular weight excluding hydrogens is 312 g/mol. The van der Waals surface area contributed by atoms with E-state index >= 15 is 0 Å². The number of fused-ring (bicyclic) bond motifs is 1. The second-order valence-corrected chi connectivity index (χ2v) is 6.80. The van der Waals surface area contributed by atoms with E-state index in [0.717, 1.165) is 24.2 Å². The summed E-state index contributed by atoms with van der Waals surface area (Å²) >= 11 is 0. The van der Waals surface area contributed by atoms with Gasteiger partial charge in [0, 0.05) is 12.8 Å². The first kappa shape index (κ1) is 18.2. The minimum Gasteiger partial charge on any atom is -0.390 e. The van der Waals surface area contributed by atoms with Crippen molar-refractivity contribution < 1.29 is 9.90 Å². The Bertz CT molecular complexity index is 532. The SMILES string of the molecule is CC(CC(=O)N[C@H]1c2ccccc2C[C@H]1O)C1CCCNC1.Cl. The number of rotatable bonds is 4. The molecular formula is C18H27ClN2O2. The van der Waals surface area contributed by atoms with Crippen molar-refractivity contribution in [3.8, 4) is 0 Å². The Morgan fingerprint density at radius 3 is 2.96 bits per heavy atom. The van der Waals surface area contributed by atoms with Crippen LogP contribution in [0.4, 0.5) is 0 Å². The highest BCUT2D eigenvalue weighted by Gasteiger charge is 2.32. The third kappa shape index (κ3) is 4.25. The fourth-order valence-corrected chi connectivity index (χ4v) is 3.80. The highest BCUT2D eigenvalue weighted by Crippen LogP contribution is 2.31. The molecule has 1 aliphatic carbocycles. The van der Waals surface area contributed by atoms with E-state index in [4.69, 9.17) is 0 Å². The molecule has 1 heterocycles. The summed E-state index contributed by atoms with van der Waals surface area (Å²) in [6.45, 7) is 4.28. The fraction of sp³-hybridized carbons (Fsp3) is 0.611. The van der Waals surface area contributed by atoms with Crippen LogP contribution in [0.5, 0.6) is 0 Å². The van der Waals surface area contributed by atoms with Crippen LogP contribution in [-0.2, 0) is 11.2 Å². The number of halogens is 1. The lowest BCUT2D eigenvalue weighted by molar-refractivity contribution is -0.123. The minimum absolute atomic E-state index is 0. The van der Waals surface area contributed by atoms with Crippen molar-refractivity contribution in [1.82, 2.24) is 10.6 Å². The monoisotopic (exact) mass is 338 g/mol. The van der Waals surface area contributed by atoms with Crippen LogP contribution in [0.3, 0.4) is 0 Å². The van der Waals surface area contributed by atoms with E-state index in [1.165, 1.54) is 12.8 Å². The lowest BCUT2D eigenvalue weighted by Gasteiger charge is -2.28. The molecule has 1 fully saturated rings. The summed E-state index contributed by atoms with van der Waals surface area (Å²) in [5.41, 5.74) is 2.21. The number of benzene rings is 1. The molecule has 2 aliphatic rings. The number of amides is 1. The first-order chi connectivity index (χ1) is 10.6. The van der Waals surface area contributed by atoms with Crippen LogP contribution in [0.25, 0.3) is 0 Å². The van der Waals surface area contributed by atoms with Gasteiger partial charge < -0.3 is 15.7 Å². The van der Waals surface area contributed by atoms with Gasteiger partial charge in [-0.2, -0.15) is 0 Å². The van der Waals surface area contributed by atoms with Gasteiger partial charge in [0.15, 0.2) is 0 Å². The van der Waals surface area contributed by atoms with Gasteiger partial charge in [0.2, 0.25) is 5.91 Å². The molecule has 0 spiro atoms. The summed E-state index contributed by atoms with van der Waals surface area (Å²) in [6.07, 6.45) is 3.07. The van der Waals surface area contributed by atoms with Crippen LogP contribution in [-0.4, -0.2) is 30.2 Å². The van der Waals surface area contributed by atoms with Gasteiger partial charge in [-0.05, 0) is 48.9 Å². The molecule has 0 aromatic heterocycles. The number of nitrogens with one attached hydrogen (secondary N) is 2. The highest BCUT2D eigenvalue weighted by atomic mass is 35.5. The lowest BCUT2D eigenvalue weighted by atomic mass is 9.85. The summed E-state index contributed by atoms with van der Waals surface area (Å²) in [4.78, 5) is 12.4. The average Bonchev–Trinajstić information content (AvgIpc) is 2.84. The molecule has 0 saturated carbocycles. The van der Waals surface area contributed by atoms with Gasteiger partial charge in [0.05, 0.1) is 12.1 Å².